The number of rotatable bonds is 5. The molecule has 2 nitrogen and oxygen atoms in total. The first-order chi connectivity index (χ1) is 9.22. The number of benzene rings is 2. The first-order valence-corrected chi connectivity index (χ1v) is 7.57. The summed E-state index contributed by atoms with van der Waals surface area (Å²) < 4.78 is 5.90. The van der Waals surface area contributed by atoms with Crippen LogP contribution in [0.15, 0.2) is 47.4 Å². The van der Waals surface area contributed by atoms with Crippen LogP contribution in [-0.2, 0) is 6.42 Å². The average Bonchev–Trinajstić information content (AvgIpc) is 2.43. The van der Waals surface area contributed by atoms with Crippen LogP contribution < -0.4 is 10.5 Å². The maximum Gasteiger partial charge on any atom is 0.130 e. The quantitative estimate of drug-likeness (QED) is 0.836. The Labute approximate surface area is 119 Å². The third-order valence-corrected chi connectivity index (χ3v) is 3.70. The highest BCUT2D eigenvalue weighted by Crippen LogP contribution is 2.27. The standard InChI is InChI=1S/C16H19NOS/c1-12-11-13(9-10-17)3-8-16(12)18-14-4-6-15(19-2)7-5-14/h3-8,11H,9-10,17H2,1-2H3. The molecule has 0 amide bonds. The van der Waals surface area contributed by atoms with Gasteiger partial charge in [0.1, 0.15) is 11.5 Å². The summed E-state index contributed by atoms with van der Waals surface area (Å²) in [7, 11) is 0. The molecule has 0 aromatic heterocycles. The average molecular weight is 273 g/mol. The van der Waals surface area contributed by atoms with Crippen LogP contribution in [-0.4, -0.2) is 12.8 Å². The van der Waals surface area contributed by atoms with E-state index in [4.69, 9.17) is 10.5 Å². The summed E-state index contributed by atoms with van der Waals surface area (Å²) in [4.78, 5) is 1.24. The molecule has 0 atom stereocenters. The molecule has 0 heterocycles. The van der Waals surface area contributed by atoms with Gasteiger partial charge in [0.25, 0.3) is 0 Å². The molecule has 0 spiro atoms. The van der Waals surface area contributed by atoms with Gasteiger partial charge in [-0.15, -0.1) is 11.8 Å². The van der Waals surface area contributed by atoms with Gasteiger partial charge in [0, 0.05) is 4.90 Å². The Hall–Kier alpha value is -1.45. The molecule has 0 saturated carbocycles. The van der Waals surface area contributed by atoms with E-state index in [1.165, 1.54) is 10.5 Å². The van der Waals surface area contributed by atoms with Crippen molar-refractivity contribution in [3.63, 3.8) is 0 Å². The molecule has 0 aliphatic heterocycles. The Kier molecular flexibility index (Phi) is 4.88. The number of ether oxygens (including phenoxy) is 1. The van der Waals surface area contributed by atoms with Gasteiger partial charge < -0.3 is 10.5 Å². The second-order valence-corrected chi connectivity index (χ2v) is 5.30. The fraction of sp³-hybridized carbons (Fsp3) is 0.250. The van der Waals surface area contributed by atoms with Crippen molar-refractivity contribution in [2.24, 2.45) is 5.73 Å². The number of nitrogens with two attached hydrogens (primary N) is 1. The molecule has 0 aliphatic carbocycles. The van der Waals surface area contributed by atoms with Gasteiger partial charge in [-0.05, 0) is 67.6 Å². The van der Waals surface area contributed by atoms with E-state index in [1.807, 2.05) is 18.2 Å². The van der Waals surface area contributed by atoms with Crippen LogP contribution in [0.5, 0.6) is 11.5 Å². The lowest BCUT2D eigenvalue weighted by Crippen LogP contribution is -2.02. The lowest BCUT2D eigenvalue weighted by Gasteiger charge is -2.10. The predicted molar refractivity (Wildman–Crippen MR) is 82.2 cm³/mol. The van der Waals surface area contributed by atoms with Gasteiger partial charge in [0.2, 0.25) is 0 Å². The van der Waals surface area contributed by atoms with E-state index in [0.717, 1.165) is 23.5 Å². The topological polar surface area (TPSA) is 35.2 Å². The SMILES string of the molecule is CSc1ccc(Oc2ccc(CCN)cc2C)cc1. The number of aryl methyl sites for hydroxylation is 1. The van der Waals surface area contributed by atoms with Crippen LogP contribution in [0, 0.1) is 6.92 Å². The summed E-state index contributed by atoms with van der Waals surface area (Å²) >= 11 is 1.73. The van der Waals surface area contributed by atoms with Crippen molar-refractivity contribution in [3.8, 4) is 11.5 Å². The van der Waals surface area contributed by atoms with Crippen LogP contribution in [0.4, 0.5) is 0 Å². The lowest BCUT2D eigenvalue weighted by atomic mass is 10.1. The minimum Gasteiger partial charge on any atom is -0.457 e. The van der Waals surface area contributed by atoms with E-state index in [1.54, 1.807) is 11.8 Å². The van der Waals surface area contributed by atoms with Gasteiger partial charge >= 0.3 is 0 Å². The molecule has 0 saturated heterocycles. The zero-order valence-electron chi connectivity index (χ0n) is 11.3. The van der Waals surface area contributed by atoms with Gasteiger partial charge in [-0.25, -0.2) is 0 Å². The molecule has 0 fully saturated rings. The summed E-state index contributed by atoms with van der Waals surface area (Å²) in [5.74, 6) is 1.77. The lowest BCUT2D eigenvalue weighted by molar-refractivity contribution is 0.478. The van der Waals surface area contributed by atoms with Gasteiger partial charge in [0.15, 0.2) is 0 Å². The minimum absolute atomic E-state index is 0.676. The number of hydrogen-bond donors (Lipinski definition) is 1. The summed E-state index contributed by atoms with van der Waals surface area (Å²) in [6.45, 7) is 2.74. The number of hydrogen-bond acceptors (Lipinski definition) is 3. The summed E-state index contributed by atoms with van der Waals surface area (Å²) in [5.41, 5.74) is 7.96. The van der Waals surface area contributed by atoms with E-state index in [2.05, 4.69) is 37.4 Å². The highest BCUT2D eigenvalue weighted by molar-refractivity contribution is 7.98. The first kappa shape index (κ1) is 14.0. The fourth-order valence-corrected chi connectivity index (χ4v) is 2.33. The second kappa shape index (κ2) is 6.64. The van der Waals surface area contributed by atoms with E-state index in [9.17, 15) is 0 Å². The zero-order chi connectivity index (χ0) is 13.7. The van der Waals surface area contributed by atoms with Crippen LogP contribution >= 0.6 is 11.8 Å². The Bertz CT molecular complexity index is 537. The van der Waals surface area contributed by atoms with Crippen molar-refractivity contribution < 1.29 is 4.74 Å². The van der Waals surface area contributed by atoms with Crippen molar-refractivity contribution in [1.82, 2.24) is 0 Å². The van der Waals surface area contributed by atoms with Crippen molar-refractivity contribution in [2.75, 3.05) is 12.8 Å². The van der Waals surface area contributed by atoms with Crippen molar-refractivity contribution in [2.45, 2.75) is 18.2 Å². The molecule has 2 aromatic rings. The highest BCUT2D eigenvalue weighted by atomic mass is 32.2. The van der Waals surface area contributed by atoms with E-state index >= 15 is 0 Å². The van der Waals surface area contributed by atoms with Crippen molar-refractivity contribution in [1.29, 1.82) is 0 Å². The normalized spacial score (nSPS) is 10.5. The summed E-state index contributed by atoms with van der Waals surface area (Å²) in [5, 5.41) is 0. The first-order valence-electron chi connectivity index (χ1n) is 6.34. The van der Waals surface area contributed by atoms with Gasteiger partial charge in [-0.2, -0.15) is 0 Å². The van der Waals surface area contributed by atoms with Crippen LogP contribution in [0.2, 0.25) is 0 Å². The van der Waals surface area contributed by atoms with Gasteiger partial charge in [-0.1, -0.05) is 12.1 Å². The largest absolute Gasteiger partial charge is 0.457 e. The van der Waals surface area contributed by atoms with Crippen LogP contribution in [0.1, 0.15) is 11.1 Å². The molecule has 0 aliphatic rings. The molecule has 0 radical (unpaired) electrons. The molecule has 2 N–H and O–H groups in total. The fourth-order valence-electron chi connectivity index (χ4n) is 1.92. The Balaban J connectivity index is 2.13. The summed E-state index contributed by atoms with van der Waals surface area (Å²) in [6.07, 6.45) is 2.97. The molecule has 2 rings (SSSR count). The van der Waals surface area contributed by atoms with E-state index < -0.39 is 0 Å². The molecule has 0 unspecified atom stereocenters. The van der Waals surface area contributed by atoms with E-state index in [-0.39, 0.29) is 0 Å². The smallest absolute Gasteiger partial charge is 0.130 e. The molecule has 3 heteroatoms. The third kappa shape index (κ3) is 3.75. The Morgan fingerprint density at radius 3 is 2.42 bits per heavy atom. The Morgan fingerprint density at radius 2 is 1.84 bits per heavy atom. The van der Waals surface area contributed by atoms with Crippen molar-refractivity contribution >= 4 is 11.8 Å². The maximum absolute atomic E-state index is 5.90. The van der Waals surface area contributed by atoms with Crippen molar-refractivity contribution in [3.05, 3.63) is 53.6 Å². The maximum atomic E-state index is 5.90. The summed E-state index contributed by atoms with van der Waals surface area (Å²) in [6, 6.07) is 14.4. The Morgan fingerprint density at radius 1 is 1.11 bits per heavy atom. The second-order valence-electron chi connectivity index (χ2n) is 4.42. The molecule has 19 heavy (non-hydrogen) atoms. The third-order valence-electron chi connectivity index (χ3n) is 2.96. The minimum atomic E-state index is 0.676. The van der Waals surface area contributed by atoms with Gasteiger partial charge in [0.05, 0.1) is 0 Å². The zero-order valence-corrected chi connectivity index (χ0v) is 12.2. The monoisotopic (exact) mass is 273 g/mol. The predicted octanol–water partition coefficient (Wildman–Crippen LogP) is 4.01. The highest BCUT2D eigenvalue weighted by Gasteiger charge is 2.03. The number of thioether (sulfide) groups is 1. The van der Waals surface area contributed by atoms with E-state index in [0.29, 0.717) is 6.54 Å². The molecular formula is C16H19NOS. The molecule has 0 bridgehead atoms. The van der Waals surface area contributed by atoms with Gasteiger partial charge in [-0.3, -0.25) is 0 Å². The molecule has 100 valence electrons. The van der Waals surface area contributed by atoms with Crippen LogP contribution in [0.3, 0.4) is 0 Å². The molecular weight excluding hydrogens is 254 g/mol. The molecule has 2 aromatic carbocycles. The van der Waals surface area contributed by atoms with Crippen LogP contribution in [0.25, 0.3) is 0 Å².